The van der Waals surface area contributed by atoms with Crippen molar-refractivity contribution < 1.29 is 9.47 Å². The molecule has 4 heteroatoms. The lowest BCUT2D eigenvalue weighted by molar-refractivity contribution is -0.109. The molecule has 0 radical (unpaired) electrons. The van der Waals surface area contributed by atoms with Gasteiger partial charge in [-0.2, -0.15) is 0 Å². The summed E-state index contributed by atoms with van der Waals surface area (Å²) in [4.78, 5) is 2.70. The standard InChI is InChI=1S/C15H28N2O2/c16-6-1-13-2-7-17(8-3-13)14-4-9-19-15(11-14)5-10-18-12-15/h13-14H,1-12,16H2. The average Bonchev–Trinajstić information content (AvgIpc) is 2.88. The highest BCUT2D eigenvalue weighted by Crippen LogP contribution is 2.36. The van der Waals surface area contributed by atoms with Crippen LogP contribution in [0, 0.1) is 5.92 Å². The molecule has 4 nitrogen and oxygen atoms in total. The molecule has 2 unspecified atom stereocenters. The monoisotopic (exact) mass is 268 g/mol. The molecule has 110 valence electrons. The highest BCUT2D eigenvalue weighted by atomic mass is 16.6. The van der Waals surface area contributed by atoms with E-state index < -0.39 is 0 Å². The summed E-state index contributed by atoms with van der Waals surface area (Å²) in [6.45, 7) is 5.97. The maximum absolute atomic E-state index is 6.04. The van der Waals surface area contributed by atoms with Crippen LogP contribution >= 0.6 is 0 Å². The minimum Gasteiger partial charge on any atom is -0.378 e. The molecule has 3 saturated heterocycles. The summed E-state index contributed by atoms with van der Waals surface area (Å²) in [5, 5.41) is 0. The van der Waals surface area contributed by atoms with Crippen molar-refractivity contribution in [2.24, 2.45) is 11.7 Å². The lowest BCUT2D eigenvalue weighted by Gasteiger charge is -2.44. The zero-order valence-electron chi connectivity index (χ0n) is 12.0. The van der Waals surface area contributed by atoms with Gasteiger partial charge in [0.25, 0.3) is 0 Å². The molecule has 3 fully saturated rings. The Morgan fingerprint density at radius 2 is 2.00 bits per heavy atom. The molecule has 0 saturated carbocycles. The highest BCUT2D eigenvalue weighted by Gasteiger charge is 2.42. The molecule has 19 heavy (non-hydrogen) atoms. The van der Waals surface area contributed by atoms with Gasteiger partial charge in [0.2, 0.25) is 0 Å². The molecule has 0 aromatic carbocycles. The van der Waals surface area contributed by atoms with Crippen LogP contribution in [0.2, 0.25) is 0 Å². The fourth-order valence-corrected chi connectivity index (χ4v) is 4.02. The minimum absolute atomic E-state index is 0.0526. The van der Waals surface area contributed by atoms with Gasteiger partial charge >= 0.3 is 0 Å². The van der Waals surface area contributed by atoms with Crippen LogP contribution in [0.25, 0.3) is 0 Å². The fraction of sp³-hybridized carbons (Fsp3) is 1.00. The van der Waals surface area contributed by atoms with E-state index in [2.05, 4.69) is 4.90 Å². The van der Waals surface area contributed by atoms with Crippen molar-refractivity contribution in [1.82, 2.24) is 4.90 Å². The van der Waals surface area contributed by atoms with Gasteiger partial charge in [0.05, 0.1) is 12.2 Å². The summed E-state index contributed by atoms with van der Waals surface area (Å²) in [7, 11) is 0. The van der Waals surface area contributed by atoms with E-state index in [1.807, 2.05) is 0 Å². The van der Waals surface area contributed by atoms with Crippen LogP contribution in [-0.4, -0.2) is 56.0 Å². The number of hydrogen-bond acceptors (Lipinski definition) is 4. The fourth-order valence-electron chi connectivity index (χ4n) is 4.02. The Morgan fingerprint density at radius 1 is 1.16 bits per heavy atom. The van der Waals surface area contributed by atoms with Crippen molar-refractivity contribution in [3.8, 4) is 0 Å². The molecule has 3 heterocycles. The summed E-state index contributed by atoms with van der Waals surface area (Å²) in [5.41, 5.74) is 5.72. The third-order valence-electron chi connectivity index (χ3n) is 5.27. The Kier molecular flexibility index (Phi) is 4.42. The predicted molar refractivity (Wildman–Crippen MR) is 75.1 cm³/mol. The van der Waals surface area contributed by atoms with Gasteiger partial charge in [-0.3, -0.25) is 0 Å². The molecule has 3 rings (SSSR count). The van der Waals surface area contributed by atoms with Crippen LogP contribution in [-0.2, 0) is 9.47 Å². The second kappa shape index (κ2) is 6.08. The number of nitrogens with zero attached hydrogens (tertiary/aromatic N) is 1. The SMILES string of the molecule is NCCC1CCN(C2CCOC3(CCOC3)C2)CC1. The Balaban J connectivity index is 1.52. The van der Waals surface area contributed by atoms with Crippen molar-refractivity contribution in [2.75, 3.05) is 39.5 Å². The van der Waals surface area contributed by atoms with Crippen LogP contribution in [0.1, 0.15) is 38.5 Å². The number of likely N-dealkylation sites (tertiary alicyclic amines) is 1. The van der Waals surface area contributed by atoms with Gasteiger partial charge in [-0.15, -0.1) is 0 Å². The van der Waals surface area contributed by atoms with Crippen LogP contribution in [0.4, 0.5) is 0 Å². The summed E-state index contributed by atoms with van der Waals surface area (Å²) in [6, 6.07) is 0.717. The molecule has 0 bridgehead atoms. The third-order valence-corrected chi connectivity index (χ3v) is 5.27. The zero-order valence-corrected chi connectivity index (χ0v) is 12.0. The molecule has 0 aromatic rings. The Bertz CT molecular complexity index is 284. The molecule has 2 N–H and O–H groups in total. The number of hydrogen-bond donors (Lipinski definition) is 1. The van der Waals surface area contributed by atoms with Crippen molar-refractivity contribution >= 4 is 0 Å². The molecule has 0 aromatic heterocycles. The van der Waals surface area contributed by atoms with E-state index in [4.69, 9.17) is 15.2 Å². The van der Waals surface area contributed by atoms with Crippen LogP contribution in [0.15, 0.2) is 0 Å². The van der Waals surface area contributed by atoms with Crippen molar-refractivity contribution in [3.63, 3.8) is 0 Å². The van der Waals surface area contributed by atoms with Crippen LogP contribution < -0.4 is 5.73 Å². The molecule has 1 spiro atoms. The first-order chi connectivity index (χ1) is 9.31. The maximum Gasteiger partial charge on any atom is 0.0951 e. The van der Waals surface area contributed by atoms with E-state index in [0.717, 1.165) is 38.7 Å². The van der Waals surface area contributed by atoms with E-state index in [1.54, 1.807) is 0 Å². The highest BCUT2D eigenvalue weighted by molar-refractivity contribution is 4.94. The van der Waals surface area contributed by atoms with Crippen molar-refractivity contribution in [2.45, 2.75) is 50.2 Å². The summed E-state index contributed by atoms with van der Waals surface area (Å²) in [6.07, 6.45) is 7.33. The first-order valence-corrected chi connectivity index (χ1v) is 7.97. The van der Waals surface area contributed by atoms with Crippen molar-refractivity contribution in [3.05, 3.63) is 0 Å². The van der Waals surface area contributed by atoms with E-state index >= 15 is 0 Å². The summed E-state index contributed by atoms with van der Waals surface area (Å²) in [5.74, 6) is 0.866. The second-order valence-corrected chi connectivity index (χ2v) is 6.54. The molecule has 2 atom stereocenters. The lowest BCUT2D eigenvalue weighted by atomic mass is 9.86. The van der Waals surface area contributed by atoms with Gasteiger partial charge in [-0.25, -0.2) is 0 Å². The quantitative estimate of drug-likeness (QED) is 0.840. The number of ether oxygens (including phenoxy) is 2. The van der Waals surface area contributed by atoms with Gasteiger partial charge in [0.15, 0.2) is 0 Å². The molecule has 3 aliphatic heterocycles. The topological polar surface area (TPSA) is 47.7 Å². The predicted octanol–water partition coefficient (Wildman–Crippen LogP) is 1.39. The van der Waals surface area contributed by atoms with E-state index in [1.165, 1.54) is 45.2 Å². The molecular formula is C15H28N2O2. The number of nitrogens with two attached hydrogens (primary N) is 1. The molecule has 0 aliphatic carbocycles. The van der Waals surface area contributed by atoms with Gasteiger partial charge in [0.1, 0.15) is 0 Å². The number of piperidine rings is 1. The third kappa shape index (κ3) is 3.13. The summed E-state index contributed by atoms with van der Waals surface area (Å²) >= 11 is 0. The smallest absolute Gasteiger partial charge is 0.0951 e. The lowest BCUT2D eigenvalue weighted by Crippen LogP contribution is -2.51. The van der Waals surface area contributed by atoms with E-state index in [0.29, 0.717) is 6.04 Å². The molecule has 3 aliphatic rings. The Labute approximate surface area is 116 Å². The minimum atomic E-state index is 0.0526. The van der Waals surface area contributed by atoms with Gasteiger partial charge < -0.3 is 20.1 Å². The normalized spacial score (nSPS) is 38.1. The first-order valence-electron chi connectivity index (χ1n) is 7.97. The maximum atomic E-state index is 6.04. The Morgan fingerprint density at radius 3 is 2.68 bits per heavy atom. The van der Waals surface area contributed by atoms with Gasteiger partial charge in [0, 0.05) is 25.7 Å². The largest absolute Gasteiger partial charge is 0.378 e. The van der Waals surface area contributed by atoms with Crippen LogP contribution in [0.3, 0.4) is 0 Å². The number of rotatable bonds is 3. The van der Waals surface area contributed by atoms with Gasteiger partial charge in [-0.1, -0.05) is 0 Å². The first kappa shape index (κ1) is 13.8. The molecule has 0 amide bonds. The van der Waals surface area contributed by atoms with E-state index in [9.17, 15) is 0 Å². The van der Waals surface area contributed by atoms with E-state index in [-0.39, 0.29) is 5.60 Å². The Hall–Kier alpha value is -0.160. The molecular weight excluding hydrogens is 240 g/mol. The average molecular weight is 268 g/mol. The van der Waals surface area contributed by atoms with Gasteiger partial charge in [-0.05, 0) is 57.7 Å². The second-order valence-electron chi connectivity index (χ2n) is 6.54. The zero-order chi connectivity index (χ0) is 13.1. The van der Waals surface area contributed by atoms with Crippen LogP contribution in [0.5, 0.6) is 0 Å². The summed E-state index contributed by atoms with van der Waals surface area (Å²) < 4.78 is 11.6. The van der Waals surface area contributed by atoms with Crippen molar-refractivity contribution in [1.29, 1.82) is 0 Å².